The number of allylic oxidation sites excluding steroid dienone is 4. The van der Waals surface area contributed by atoms with Crippen molar-refractivity contribution >= 4 is 5.97 Å². The fourth-order valence-corrected chi connectivity index (χ4v) is 1.61. The predicted molar refractivity (Wildman–Crippen MR) is 77.5 cm³/mol. The van der Waals surface area contributed by atoms with Gasteiger partial charge in [-0.15, -0.1) is 0 Å². The molecular weight excluding hydrogens is 224 g/mol. The number of carbonyl (C=O) groups excluding carboxylic acids is 1. The Balaban J connectivity index is 3.17. The van der Waals surface area contributed by atoms with E-state index in [-0.39, 0.29) is 5.97 Å². The summed E-state index contributed by atoms with van der Waals surface area (Å²) in [5, 5.41) is 0. The van der Waals surface area contributed by atoms with Gasteiger partial charge in [0.05, 0.1) is 6.61 Å². The lowest BCUT2D eigenvalue weighted by atomic mass is 10.1. The van der Waals surface area contributed by atoms with Crippen molar-refractivity contribution in [2.45, 2.75) is 65.2 Å². The standard InChI is InChI=1S/C16H28O2/c1-3-4-5-6-7-8-9-10-11-12-13-14-15-18-16(2)17/h6-9H,3-5,10-15H2,1-2H3. The number of hydrogen-bond donors (Lipinski definition) is 0. The van der Waals surface area contributed by atoms with Crippen LogP contribution in [-0.4, -0.2) is 12.6 Å². The monoisotopic (exact) mass is 252 g/mol. The lowest BCUT2D eigenvalue weighted by molar-refractivity contribution is -0.141. The van der Waals surface area contributed by atoms with E-state index in [0.717, 1.165) is 19.3 Å². The van der Waals surface area contributed by atoms with Crippen LogP contribution in [0.5, 0.6) is 0 Å². The molecule has 0 bridgehead atoms. The third kappa shape index (κ3) is 14.9. The average molecular weight is 252 g/mol. The molecule has 0 N–H and O–H groups in total. The van der Waals surface area contributed by atoms with Crippen molar-refractivity contribution in [3.05, 3.63) is 24.3 Å². The van der Waals surface area contributed by atoms with Crippen molar-refractivity contribution < 1.29 is 9.53 Å². The molecule has 0 heterocycles. The highest BCUT2D eigenvalue weighted by Gasteiger charge is 1.92. The minimum Gasteiger partial charge on any atom is -0.466 e. The summed E-state index contributed by atoms with van der Waals surface area (Å²) >= 11 is 0. The second-order valence-electron chi connectivity index (χ2n) is 4.54. The zero-order chi connectivity index (χ0) is 13.5. The number of unbranched alkanes of at least 4 members (excludes halogenated alkanes) is 6. The Labute approximate surface area is 112 Å². The topological polar surface area (TPSA) is 26.3 Å². The summed E-state index contributed by atoms with van der Waals surface area (Å²) < 4.78 is 4.87. The summed E-state index contributed by atoms with van der Waals surface area (Å²) in [5.41, 5.74) is 0. The van der Waals surface area contributed by atoms with Gasteiger partial charge in [0.25, 0.3) is 0 Å². The SMILES string of the molecule is CCCCC=CC=CCCCCCCOC(C)=O. The average Bonchev–Trinajstić information content (AvgIpc) is 2.34. The van der Waals surface area contributed by atoms with E-state index in [4.69, 9.17) is 4.74 Å². The molecule has 0 aliphatic heterocycles. The third-order valence-electron chi connectivity index (χ3n) is 2.68. The van der Waals surface area contributed by atoms with E-state index in [0.29, 0.717) is 6.61 Å². The van der Waals surface area contributed by atoms with Crippen molar-refractivity contribution in [3.8, 4) is 0 Å². The second-order valence-corrected chi connectivity index (χ2v) is 4.54. The lowest BCUT2D eigenvalue weighted by Crippen LogP contribution is -1.99. The molecule has 0 rings (SSSR count). The van der Waals surface area contributed by atoms with Crippen LogP contribution >= 0.6 is 0 Å². The van der Waals surface area contributed by atoms with E-state index < -0.39 is 0 Å². The van der Waals surface area contributed by atoms with Crippen molar-refractivity contribution in [2.75, 3.05) is 6.61 Å². The minimum atomic E-state index is -0.173. The molecule has 0 unspecified atom stereocenters. The maximum absolute atomic E-state index is 10.5. The van der Waals surface area contributed by atoms with Gasteiger partial charge in [-0.2, -0.15) is 0 Å². The highest BCUT2D eigenvalue weighted by atomic mass is 16.5. The van der Waals surface area contributed by atoms with E-state index in [1.165, 1.54) is 39.0 Å². The Morgan fingerprint density at radius 2 is 1.56 bits per heavy atom. The molecule has 2 nitrogen and oxygen atoms in total. The van der Waals surface area contributed by atoms with E-state index in [2.05, 4.69) is 31.2 Å². The van der Waals surface area contributed by atoms with E-state index in [1.807, 2.05) is 0 Å². The van der Waals surface area contributed by atoms with Gasteiger partial charge in [0.2, 0.25) is 0 Å². The summed E-state index contributed by atoms with van der Waals surface area (Å²) in [4.78, 5) is 10.5. The Bertz CT molecular complexity index is 241. The highest BCUT2D eigenvalue weighted by Crippen LogP contribution is 2.04. The maximum Gasteiger partial charge on any atom is 0.302 e. The van der Waals surface area contributed by atoms with Crippen LogP contribution in [0, 0.1) is 0 Å². The van der Waals surface area contributed by atoms with Crippen LogP contribution in [-0.2, 0) is 9.53 Å². The minimum absolute atomic E-state index is 0.173. The Morgan fingerprint density at radius 1 is 0.944 bits per heavy atom. The van der Waals surface area contributed by atoms with Gasteiger partial charge >= 0.3 is 5.97 Å². The predicted octanol–water partition coefficient (Wildman–Crippen LogP) is 4.80. The Hall–Kier alpha value is -1.05. The van der Waals surface area contributed by atoms with Gasteiger partial charge in [-0.05, 0) is 25.7 Å². The number of rotatable bonds is 11. The number of hydrogen-bond acceptors (Lipinski definition) is 2. The lowest BCUT2D eigenvalue weighted by Gasteiger charge is -2.00. The molecule has 0 spiro atoms. The van der Waals surface area contributed by atoms with Gasteiger partial charge in [0, 0.05) is 6.92 Å². The number of ether oxygens (including phenoxy) is 1. The maximum atomic E-state index is 10.5. The molecule has 0 fully saturated rings. The number of carbonyl (C=O) groups is 1. The van der Waals surface area contributed by atoms with Gasteiger partial charge in [-0.3, -0.25) is 4.79 Å². The Morgan fingerprint density at radius 3 is 2.17 bits per heavy atom. The first-order valence-electron chi connectivity index (χ1n) is 7.22. The molecule has 0 atom stereocenters. The quantitative estimate of drug-likeness (QED) is 0.300. The van der Waals surface area contributed by atoms with E-state index >= 15 is 0 Å². The van der Waals surface area contributed by atoms with Crippen molar-refractivity contribution in [2.24, 2.45) is 0 Å². The molecule has 104 valence electrons. The molecular formula is C16H28O2. The number of esters is 1. The highest BCUT2D eigenvalue weighted by molar-refractivity contribution is 5.65. The normalized spacial score (nSPS) is 11.4. The second kappa shape index (κ2) is 14.0. The zero-order valence-corrected chi connectivity index (χ0v) is 12.0. The molecule has 0 aromatic heterocycles. The zero-order valence-electron chi connectivity index (χ0n) is 12.0. The molecule has 0 aliphatic rings. The largest absolute Gasteiger partial charge is 0.466 e. The molecule has 0 aromatic carbocycles. The van der Waals surface area contributed by atoms with Crippen molar-refractivity contribution in [1.82, 2.24) is 0 Å². The van der Waals surface area contributed by atoms with Gasteiger partial charge in [0.1, 0.15) is 0 Å². The first-order valence-corrected chi connectivity index (χ1v) is 7.22. The molecule has 0 aliphatic carbocycles. The first kappa shape index (κ1) is 16.9. The van der Waals surface area contributed by atoms with Crippen LogP contribution in [0.25, 0.3) is 0 Å². The molecule has 18 heavy (non-hydrogen) atoms. The van der Waals surface area contributed by atoms with Crippen LogP contribution in [0.15, 0.2) is 24.3 Å². The summed E-state index contributed by atoms with van der Waals surface area (Å²) in [7, 11) is 0. The molecule has 0 radical (unpaired) electrons. The fourth-order valence-electron chi connectivity index (χ4n) is 1.61. The third-order valence-corrected chi connectivity index (χ3v) is 2.68. The van der Waals surface area contributed by atoms with Crippen LogP contribution in [0.2, 0.25) is 0 Å². The van der Waals surface area contributed by atoms with Gasteiger partial charge < -0.3 is 4.74 Å². The van der Waals surface area contributed by atoms with Gasteiger partial charge in [0.15, 0.2) is 0 Å². The molecule has 0 saturated carbocycles. The molecule has 0 amide bonds. The van der Waals surface area contributed by atoms with Crippen LogP contribution in [0.3, 0.4) is 0 Å². The summed E-state index contributed by atoms with van der Waals surface area (Å²) in [5.74, 6) is -0.173. The molecule has 0 aromatic rings. The van der Waals surface area contributed by atoms with Gasteiger partial charge in [-0.25, -0.2) is 0 Å². The van der Waals surface area contributed by atoms with Gasteiger partial charge in [-0.1, -0.05) is 56.9 Å². The van der Waals surface area contributed by atoms with Crippen LogP contribution in [0.1, 0.15) is 65.2 Å². The molecule has 2 heteroatoms. The van der Waals surface area contributed by atoms with Crippen molar-refractivity contribution in [3.63, 3.8) is 0 Å². The van der Waals surface area contributed by atoms with Crippen LogP contribution in [0.4, 0.5) is 0 Å². The van der Waals surface area contributed by atoms with Crippen LogP contribution < -0.4 is 0 Å². The summed E-state index contributed by atoms with van der Waals surface area (Å²) in [6.45, 7) is 4.25. The molecule has 0 saturated heterocycles. The smallest absolute Gasteiger partial charge is 0.302 e. The Kier molecular flexibility index (Phi) is 13.2. The fraction of sp³-hybridized carbons (Fsp3) is 0.688. The van der Waals surface area contributed by atoms with Crippen molar-refractivity contribution in [1.29, 1.82) is 0 Å². The summed E-state index contributed by atoms with van der Waals surface area (Å²) in [6, 6.07) is 0. The van der Waals surface area contributed by atoms with E-state index in [9.17, 15) is 4.79 Å². The van der Waals surface area contributed by atoms with E-state index in [1.54, 1.807) is 0 Å². The summed E-state index contributed by atoms with van der Waals surface area (Å²) in [6.07, 6.45) is 18.2. The first-order chi connectivity index (χ1) is 8.77.